The Hall–Kier alpha value is -1.39. The van der Waals surface area contributed by atoms with Crippen LogP contribution < -0.4 is 0 Å². The lowest BCUT2D eigenvalue weighted by Crippen LogP contribution is -2.39. The molecule has 1 aliphatic heterocycles. The Kier molecular flexibility index (Phi) is 5.56. The fourth-order valence-corrected chi connectivity index (χ4v) is 2.82. The molecule has 1 heterocycles. The maximum Gasteiger partial charge on any atom is 0.307 e. The first-order valence-electron chi connectivity index (χ1n) is 7.31. The summed E-state index contributed by atoms with van der Waals surface area (Å²) in [6.45, 7) is 5.60. The number of nitrogens with zero attached hydrogens (tertiary/aromatic N) is 1. The van der Waals surface area contributed by atoms with Crippen LogP contribution in [0.1, 0.15) is 30.9 Å². The number of ether oxygens (including phenoxy) is 1. The zero-order chi connectivity index (χ0) is 14.4. The van der Waals surface area contributed by atoms with Crippen molar-refractivity contribution in [2.24, 2.45) is 0 Å². The molecule has 4 heteroatoms. The molecule has 0 spiro atoms. The molecule has 4 nitrogen and oxygen atoms in total. The van der Waals surface area contributed by atoms with Gasteiger partial charge in [-0.3, -0.25) is 9.69 Å². The smallest absolute Gasteiger partial charge is 0.307 e. The fraction of sp³-hybridized carbons (Fsp3) is 0.562. The Labute approximate surface area is 120 Å². The maximum absolute atomic E-state index is 10.9. The number of hydrogen-bond acceptors (Lipinski definition) is 3. The molecule has 1 N–H and O–H groups in total. The van der Waals surface area contributed by atoms with Gasteiger partial charge in [0.25, 0.3) is 0 Å². The van der Waals surface area contributed by atoms with E-state index in [0.29, 0.717) is 6.10 Å². The molecule has 0 aromatic heterocycles. The quantitative estimate of drug-likeness (QED) is 0.867. The predicted molar refractivity (Wildman–Crippen MR) is 77.7 cm³/mol. The summed E-state index contributed by atoms with van der Waals surface area (Å²) in [6, 6.07) is 7.82. The summed E-state index contributed by atoms with van der Waals surface area (Å²) in [5, 5.41) is 8.98. The van der Waals surface area contributed by atoms with Crippen LogP contribution in [0.2, 0.25) is 0 Å². The maximum atomic E-state index is 10.9. The lowest BCUT2D eigenvalue weighted by Gasteiger charge is -2.32. The number of benzene rings is 1. The molecule has 1 aliphatic rings. The van der Waals surface area contributed by atoms with E-state index < -0.39 is 5.97 Å². The van der Waals surface area contributed by atoms with E-state index in [4.69, 9.17) is 9.84 Å². The van der Waals surface area contributed by atoms with Crippen molar-refractivity contribution >= 4 is 5.97 Å². The third kappa shape index (κ3) is 4.32. The Bertz CT molecular complexity index is 445. The average molecular weight is 277 g/mol. The molecule has 0 amide bonds. The van der Waals surface area contributed by atoms with Crippen molar-refractivity contribution in [2.75, 3.05) is 19.7 Å². The molecule has 1 saturated heterocycles. The number of piperidine rings is 1. The van der Waals surface area contributed by atoms with Crippen molar-refractivity contribution in [1.29, 1.82) is 0 Å². The number of rotatable bonds is 6. The second-order valence-electron chi connectivity index (χ2n) is 5.29. The van der Waals surface area contributed by atoms with Gasteiger partial charge in [0.05, 0.1) is 12.5 Å². The van der Waals surface area contributed by atoms with Crippen molar-refractivity contribution in [2.45, 2.75) is 38.8 Å². The van der Waals surface area contributed by atoms with Gasteiger partial charge < -0.3 is 9.84 Å². The largest absolute Gasteiger partial charge is 0.481 e. The summed E-state index contributed by atoms with van der Waals surface area (Å²) < 4.78 is 5.71. The second kappa shape index (κ2) is 7.41. The summed E-state index contributed by atoms with van der Waals surface area (Å²) in [4.78, 5) is 13.3. The summed E-state index contributed by atoms with van der Waals surface area (Å²) in [7, 11) is 0. The Morgan fingerprint density at radius 1 is 1.40 bits per heavy atom. The van der Waals surface area contributed by atoms with Crippen LogP contribution in [-0.4, -0.2) is 41.8 Å². The van der Waals surface area contributed by atoms with Crippen LogP contribution in [0, 0.1) is 0 Å². The van der Waals surface area contributed by atoms with Crippen molar-refractivity contribution in [3.05, 3.63) is 35.4 Å². The second-order valence-corrected chi connectivity index (χ2v) is 5.29. The molecule has 2 rings (SSSR count). The molecule has 1 unspecified atom stereocenters. The SMILES string of the molecule is CCOC1CCCN(Cc2ccccc2CC(=O)O)C1. The van der Waals surface area contributed by atoms with Gasteiger partial charge in [0.1, 0.15) is 0 Å². The van der Waals surface area contributed by atoms with Gasteiger partial charge in [0.2, 0.25) is 0 Å². The predicted octanol–water partition coefficient (Wildman–Crippen LogP) is 2.31. The Morgan fingerprint density at radius 2 is 2.15 bits per heavy atom. The van der Waals surface area contributed by atoms with Crippen LogP contribution in [0.3, 0.4) is 0 Å². The van der Waals surface area contributed by atoms with E-state index in [0.717, 1.165) is 50.2 Å². The highest BCUT2D eigenvalue weighted by atomic mass is 16.5. The van der Waals surface area contributed by atoms with Crippen LogP contribution in [0.4, 0.5) is 0 Å². The lowest BCUT2D eigenvalue weighted by atomic mass is 10.0. The minimum atomic E-state index is -0.775. The van der Waals surface area contributed by atoms with Gasteiger partial charge in [0.15, 0.2) is 0 Å². The third-order valence-electron chi connectivity index (χ3n) is 3.72. The highest BCUT2D eigenvalue weighted by Gasteiger charge is 2.20. The molecule has 0 radical (unpaired) electrons. The average Bonchev–Trinajstić information content (AvgIpc) is 2.41. The Balaban J connectivity index is 2.00. The fourth-order valence-electron chi connectivity index (χ4n) is 2.82. The first-order chi connectivity index (χ1) is 9.69. The van der Waals surface area contributed by atoms with E-state index in [9.17, 15) is 4.79 Å². The number of carboxylic acids is 1. The normalized spacial score (nSPS) is 19.9. The van der Waals surface area contributed by atoms with Gasteiger partial charge in [-0.25, -0.2) is 0 Å². The number of likely N-dealkylation sites (tertiary alicyclic amines) is 1. The highest BCUT2D eigenvalue weighted by Crippen LogP contribution is 2.18. The Morgan fingerprint density at radius 3 is 2.85 bits per heavy atom. The molecule has 20 heavy (non-hydrogen) atoms. The van der Waals surface area contributed by atoms with E-state index in [1.165, 1.54) is 0 Å². The molecular weight excluding hydrogens is 254 g/mol. The van der Waals surface area contributed by atoms with Crippen LogP contribution >= 0.6 is 0 Å². The molecule has 0 bridgehead atoms. The third-order valence-corrected chi connectivity index (χ3v) is 3.72. The number of carbonyl (C=O) groups is 1. The van der Waals surface area contributed by atoms with Gasteiger partial charge in [-0.2, -0.15) is 0 Å². The molecular formula is C16H23NO3. The van der Waals surface area contributed by atoms with Crippen molar-refractivity contribution < 1.29 is 14.6 Å². The topological polar surface area (TPSA) is 49.8 Å². The van der Waals surface area contributed by atoms with E-state index in [1.807, 2.05) is 31.2 Å². The van der Waals surface area contributed by atoms with Gasteiger partial charge in [0, 0.05) is 19.7 Å². The highest BCUT2D eigenvalue weighted by molar-refractivity contribution is 5.70. The molecule has 0 aliphatic carbocycles. The van der Waals surface area contributed by atoms with Gasteiger partial charge in [-0.05, 0) is 37.4 Å². The molecule has 1 aromatic rings. The zero-order valence-corrected chi connectivity index (χ0v) is 12.0. The summed E-state index contributed by atoms with van der Waals surface area (Å²) in [6.07, 6.45) is 2.69. The van der Waals surface area contributed by atoms with Gasteiger partial charge in [-0.1, -0.05) is 24.3 Å². The van der Waals surface area contributed by atoms with Gasteiger partial charge >= 0.3 is 5.97 Å². The number of carboxylic acid groups (broad SMARTS) is 1. The first-order valence-corrected chi connectivity index (χ1v) is 7.31. The van der Waals surface area contributed by atoms with E-state index >= 15 is 0 Å². The van der Waals surface area contributed by atoms with E-state index in [2.05, 4.69) is 4.90 Å². The van der Waals surface area contributed by atoms with Gasteiger partial charge in [-0.15, -0.1) is 0 Å². The van der Waals surface area contributed by atoms with Crippen LogP contribution in [0.5, 0.6) is 0 Å². The zero-order valence-electron chi connectivity index (χ0n) is 12.0. The van der Waals surface area contributed by atoms with Crippen molar-refractivity contribution in [3.8, 4) is 0 Å². The molecule has 1 atom stereocenters. The van der Waals surface area contributed by atoms with E-state index in [1.54, 1.807) is 0 Å². The van der Waals surface area contributed by atoms with Crippen molar-refractivity contribution in [3.63, 3.8) is 0 Å². The van der Waals surface area contributed by atoms with E-state index in [-0.39, 0.29) is 6.42 Å². The minimum Gasteiger partial charge on any atom is -0.481 e. The van der Waals surface area contributed by atoms with Crippen LogP contribution in [0.15, 0.2) is 24.3 Å². The summed E-state index contributed by atoms with van der Waals surface area (Å²) >= 11 is 0. The number of aliphatic carboxylic acids is 1. The number of hydrogen-bond donors (Lipinski definition) is 1. The standard InChI is InChI=1S/C16H23NO3/c1-2-20-15-8-5-9-17(12-15)11-14-7-4-3-6-13(14)10-16(18)19/h3-4,6-7,15H,2,5,8-12H2,1H3,(H,18,19). The molecule has 1 fully saturated rings. The summed E-state index contributed by atoms with van der Waals surface area (Å²) in [5.74, 6) is -0.775. The monoisotopic (exact) mass is 277 g/mol. The molecule has 110 valence electrons. The van der Waals surface area contributed by atoms with Crippen LogP contribution in [-0.2, 0) is 22.5 Å². The first kappa shape index (κ1) is 15.0. The van der Waals surface area contributed by atoms with Crippen molar-refractivity contribution in [1.82, 2.24) is 4.90 Å². The lowest BCUT2D eigenvalue weighted by molar-refractivity contribution is -0.136. The van der Waals surface area contributed by atoms with Crippen LogP contribution in [0.25, 0.3) is 0 Å². The minimum absolute atomic E-state index is 0.0961. The molecule has 0 saturated carbocycles. The summed E-state index contributed by atoms with van der Waals surface area (Å²) in [5.41, 5.74) is 2.03. The molecule has 1 aromatic carbocycles.